The average molecular weight is 332 g/mol. The third kappa shape index (κ3) is 4.92. The van der Waals surface area contributed by atoms with E-state index in [4.69, 9.17) is 9.47 Å². The third-order valence-corrected chi connectivity index (χ3v) is 4.95. The molecule has 0 spiro atoms. The minimum atomic E-state index is -0.769. The molecule has 0 aromatic heterocycles. The Kier molecular flexibility index (Phi) is 6.62. The second-order valence-corrected chi connectivity index (χ2v) is 7.57. The summed E-state index contributed by atoms with van der Waals surface area (Å²) in [5, 5.41) is 10.5. The highest BCUT2D eigenvalue weighted by atomic mass is 16.7. The average Bonchev–Trinajstić information content (AvgIpc) is 2.56. The van der Waals surface area contributed by atoms with Gasteiger partial charge in [-0.3, -0.25) is 0 Å². The van der Waals surface area contributed by atoms with Crippen molar-refractivity contribution in [2.75, 3.05) is 13.7 Å². The molecule has 4 atom stereocenters. The zero-order valence-electron chi connectivity index (χ0n) is 15.5. The molecular formula is C21H32O3. The third-order valence-electron chi connectivity index (χ3n) is 4.95. The Bertz CT molecular complexity index is 525. The van der Waals surface area contributed by atoms with Gasteiger partial charge in [-0.2, -0.15) is 0 Å². The molecular weight excluding hydrogens is 300 g/mol. The molecule has 4 unspecified atom stereocenters. The van der Waals surface area contributed by atoms with Gasteiger partial charge in [0.1, 0.15) is 0 Å². The number of ether oxygens (including phenoxy) is 2. The Labute approximate surface area is 146 Å². The van der Waals surface area contributed by atoms with Crippen LogP contribution in [0.3, 0.4) is 0 Å². The Morgan fingerprint density at radius 2 is 2.17 bits per heavy atom. The molecule has 24 heavy (non-hydrogen) atoms. The largest absolute Gasteiger partial charge is 0.386 e. The molecule has 1 saturated heterocycles. The maximum atomic E-state index is 10.5. The molecule has 2 aliphatic rings. The zero-order chi connectivity index (χ0) is 17.7. The predicted molar refractivity (Wildman–Crippen MR) is 98.5 cm³/mol. The molecule has 1 heterocycles. The van der Waals surface area contributed by atoms with Crippen LogP contribution in [0.4, 0.5) is 0 Å². The molecule has 1 fully saturated rings. The first-order valence-electron chi connectivity index (χ1n) is 8.94. The van der Waals surface area contributed by atoms with Crippen molar-refractivity contribution >= 4 is 0 Å². The van der Waals surface area contributed by atoms with Crippen LogP contribution in [0.25, 0.3) is 0 Å². The lowest BCUT2D eigenvalue weighted by Crippen LogP contribution is -2.38. The summed E-state index contributed by atoms with van der Waals surface area (Å²) in [7, 11) is 1.69. The molecule has 0 aromatic rings. The SMILES string of the molecule is C=C1CC=CC(C)(O)CCC2C(=CC=CC(C)C)C(OC)OCC12. The number of methoxy groups -OCH3 is 1. The second kappa shape index (κ2) is 8.28. The summed E-state index contributed by atoms with van der Waals surface area (Å²) in [6.07, 6.45) is 12.4. The lowest BCUT2D eigenvalue weighted by molar-refractivity contribution is -0.136. The number of fused-ring (bicyclic) bond motifs is 1. The number of allylic oxidation sites excluding steroid dienone is 4. The molecule has 1 aliphatic carbocycles. The maximum Gasteiger partial charge on any atom is 0.180 e. The number of hydrogen-bond acceptors (Lipinski definition) is 3. The fourth-order valence-corrected chi connectivity index (χ4v) is 3.52. The van der Waals surface area contributed by atoms with Gasteiger partial charge in [-0.25, -0.2) is 0 Å². The number of aliphatic hydroxyl groups is 1. The summed E-state index contributed by atoms with van der Waals surface area (Å²) >= 11 is 0. The summed E-state index contributed by atoms with van der Waals surface area (Å²) in [5.74, 6) is 1.07. The Hall–Kier alpha value is -1.16. The highest BCUT2D eigenvalue weighted by Gasteiger charge is 2.38. The lowest BCUT2D eigenvalue weighted by Gasteiger charge is -2.39. The van der Waals surface area contributed by atoms with Crippen LogP contribution >= 0.6 is 0 Å². The first-order chi connectivity index (χ1) is 11.3. The van der Waals surface area contributed by atoms with Crippen LogP contribution in [0.2, 0.25) is 0 Å². The van der Waals surface area contributed by atoms with Crippen LogP contribution in [0, 0.1) is 17.8 Å². The van der Waals surface area contributed by atoms with Crippen molar-refractivity contribution in [2.24, 2.45) is 17.8 Å². The van der Waals surface area contributed by atoms with Gasteiger partial charge in [-0.1, -0.05) is 56.4 Å². The van der Waals surface area contributed by atoms with E-state index in [9.17, 15) is 5.11 Å². The Morgan fingerprint density at radius 1 is 1.42 bits per heavy atom. The maximum absolute atomic E-state index is 10.5. The van der Waals surface area contributed by atoms with E-state index < -0.39 is 5.60 Å². The molecule has 2 rings (SSSR count). The van der Waals surface area contributed by atoms with Crippen molar-refractivity contribution in [1.29, 1.82) is 0 Å². The van der Waals surface area contributed by atoms with Gasteiger partial charge in [0.05, 0.1) is 12.2 Å². The van der Waals surface area contributed by atoms with Crippen molar-refractivity contribution in [3.8, 4) is 0 Å². The molecule has 0 radical (unpaired) electrons. The van der Waals surface area contributed by atoms with Crippen molar-refractivity contribution < 1.29 is 14.6 Å². The van der Waals surface area contributed by atoms with E-state index in [1.807, 2.05) is 19.1 Å². The number of rotatable bonds is 3. The van der Waals surface area contributed by atoms with E-state index >= 15 is 0 Å². The van der Waals surface area contributed by atoms with Crippen LogP contribution in [0.15, 0.2) is 48.1 Å². The molecule has 3 nitrogen and oxygen atoms in total. The van der Waals surface area contributed by atoms with E-state index in [2.05, 4.69) is 38.7 Å². The van der Waals surface area contributed by atoms with E-state index in [0.29, 0.717) is 18.4 Å². The van der Waals surface area contributed by atoms with Gasteiger partial charge >= 0.3 is 0 Å². The van der Waals surface area contributed by atoms with Crippen molar-refractivity contribution in [2.45, 2.75) is 51.9 Å². The lowest BCUT2D eigenvalue weighted by atomic mass is 9.75. The van der Waals surface area contributed by atoms with Gasteiger partial charge in [0.2, 0.25) is 0 Å². The normalized spacial score (nSPS) is 36.7. The molecule has 0 bridgehead atoms. The van der Waals surface area contributed by atoms with Gasteiger partial charge in [0.15, 0.2) is 6.29 Å². The summed E-state index contributed by atoms with van der Waals surface area (Å²) in [6.45, 7) is 11.1. The van der Waals surface area contributed by atoms with Crippen LogP contribution in [0.5, 0.6) is 0 Å². The molecule has 0 aromatic carbocycles. The van der Waals surface area contributed by atoms with Crippen molar-refractivity contribution in [3.63, 3.8) is 0 Å². The quantitative estimate of drug-likeness (QED) is 0.778. The fourth-order valence-electron chi connectivity index (χ4n) is 3.52. The van der Waals surface area contributed by atoms with Crippen LogP contribution < -0.4 is 0 Å². The van der Waals surface area contributed by atoms with E-state index in [0.717, 1.165) is 24.8 Å². The predicted octanol–water partition coefficient (Wildman–Crippen LogP) is 4.41. The van der Waals surface area contributed by atoms with E-state index in [1.165, 1.54) is 5.57 Å². The monoisotopic (exact) mass is 332 g/mol. The van der Waals surface area contributed by atoms with Gasteiger partial charge in [-0.15, -0.1) is 0 Å². The van der Waals surface area contributed by atoms with E-state index in [-0.39, 0.29) is 12.2 Å². The van der Waals surface area contributed by atoms with Crippen LogP contribution in [-0.4, -0.2) is 30.7 Å². The Balaban J connectivity index is 2.33. The molecule has 0 saturated carbocycles. The minimum absolute atomic E-state index is 0.272. The summed E-state index contributed by atoms with van der Waals surface area (Å²) in [6, 6.07) is 0. The van der Waals surface area contributed by atoms with Gasteiger partial charge in [0, 0.05) is 13.0 Å². The standard InChI is InChI=1S/C21H32O3/c1-15(2)8-6-10-18-17-11-13-21(4,22)12-7-9-16(3)19(17)14-24-20(18)23-5/h6-8,10,12,15,17,19-20,22H,3,9,11,13-14H2,1-2,4-5H3. The zero-order valence-corrected chi connectivity index (χ0v) is 15.5. The highest BCUT2D eigenvalue weighted by molar-refractivity contribution is 5.26. The Morgan fingerprint density at radius 3 is 2.83 bits per heavy atom. The molecule has 3 heteroatoms. The molecule has 1 N–H and O–H groups in total. The molecule has 0 amide bonds. The smallest absolute Gasteiger partial charge is 0.180 e. The minimum Gasteiger partial charge on any atom is -0.386 e. The van der Waals surface area contributed by atoms with Crippen molar-refractivity contribution in [3.05, 3.63) is 48.1 Å². The summed E-state index contributed by atoms with van der Waals surface area (Å²) < 4.78 is 11.5. The van der Waals surface area contributed by atoms with Gasteiger partial charge < -0.3 is 14.6 Å². The fraction of sp³-hybridized carbons (Fsp3) is 0.619. The first kappa shape index (κ1) is 19.2. The van der Waals surface area contributed by atoms with Crippen molar-refractivity contribution in [1.82, 2.24) is 0 Å². The second-order valence-electron chi connectivity index (χ2n) is 7.57. The highest BCUT2D eigenvalue weighted by Crippen LogP contribution is 2.41. The number of hydrogen-bond donors (Lipinski definition) is 1. The van der Waals surface area contributed by atoms with Crippen LogP contribution in [-0.2, 0) is 9.47 Å². The molecule has 1 aliphatic heterocycles. The molecule has 134 valence electrons. The topological polar surface area (TPSA) is 38.7 Å². The summed E-state index contributed by atoms with van der Waals surface area (Å²) in [5.41, 5.74) is 1.56. The summed E-state index contributed by atoms with van der Waals surface area (Å²) in [4.78, 5) is 0. The van der Waals surface area contributed by atoms with Crippen LogP contribution in [0.1, 0.15) is 40.0 Å². The first-order valence-corrected chi connectivity index (χ1v) is 8.94. The van der Waals surface area contributed by atoms with Gasteiger partial charge in [0.25, 0.3) is 0 Å². The van der Waals surface area contributed by atoms with Gasteiger partial charge in [-0.05, 0) is 43.6 Å². The van der Waals surface area contributed by atoms with E-state index in [1.54, 1.807) is 7.11 Å².